The molecule has 2 aromatic rings. The lowest BCUT2D eigenvalue weighted by atomic mass is 10.1. The Morgan fingerprint density at radius 2 is 1.65 bits per heavy atom. The maximum Gasteiger partial charge on any atom is 0.0702 e. The van der Waals surface area contributed by atoms with Crippen molar-refractivity contribution in [3.63, 3.8) is 0 Å². The van der Waals surface area contributed by atoms with Crippen LogP contribution in [0.15, 0.2) is 30.5 Å². The Hall–Kier alpha value is -1.28. The zero-order valence-electron chi connectivity index (χ0n) is 12.6. The van der Waals surface area contributed by atoms with Crippen LogP contribution in [-0.2, 0) is 13.2 Å². The van der Waals surface area contributed by atoms with Gasteiger partial charge in [0, 0.05) is 29.2 Å². The normalized spacial score (nSPS) is 11.3. The van der Waals surface area contributed by atoms with Crippen LogP contribution in [0.25, 0.3) is 10.9 Å². The first-order valence-electron chi connectivity index (χ1n) is 8.04. The van der Waals surface area contributed by atoms with Gasteiger partial charge >= 0.3 is 0 Å². The van der Waals surface area contributed by atoms with Crippen LogP contribution in [0.3, 0.4) is 0 Å². The Kier molecular flexibility index (Phi) is 6.13. The van der Waals surface area contributed by atoms with E-state index in [9.17, 15) is 5.11 Å². The minimum absolute atomic E-state index is 0.129. The summed E-state index contributed by atoms with van der Waals surface area (Å²) in [4.78, 5) is 0. The van der Waals surface area contributed by atoms with Crippen LogP contribution in [0, 0.1) is 0 Å². The molecule has 1 N–H and O–H groups in total. The monoisotopic (exact) mass is 273 g/mol. The van der Waals surface area contributed by atoms with Gasteiger partial charge in [0.05, 0.1) is 6.61 Å². The van der Waals surface area contributed by atoms with Gasteiger partial charge in [0.15, 0.2) is 0 Å². The first-order chi connectivity index (χ1) is 9.86. The van der Waals surface area contributed by atoms with Gasteiger partial charge in [0.1, 0.15) is 0 Å². The molecule has 1 aromatic carbocycles. The molecule has 2 nitrogen and oxygen atoms in total. The van der Waals surface area contributed by atoms with Gasteiger partial charge < -0.3 is 9.67 Å². The highest BCUT2D eigenvalue weighted by Crippen LogP contribution is 2.22. The highest BCUT2D eigenvalue weighted by atomic mass is 16.3. The first-order valence-corrected chi connectivity index (χ1v) is 8.04. The molecule has 0 bridgehead atoms. The summed E-state index contributed by atoms with van der Waals surface area (Å²) in [5.41, 5.74) is 2.30. The van der Waals surface area contributed by atoms with Crippen molar-refractivity contribution >= 4 is 10.9 Å². The zero-order chi connectivity index (χ0) is 14.2. The fourth-order valence-electron chi connectivity index (χ4n) is 2.87. The van der Waals surface area contributed by atoms with E-state index in [1.165, 1.54) is 55.8 Å². The van der Waals surface area contributed by atoms with Crippen molar-refractivity contribution < 1.29 is 5.11 Å². The molecule has 0 aliphatic carbocycles. The zero-order valence-corrected chi connectivity index (χ0v) is 12.6. The second-order valence-electron chi connectivity index (χ2n) is 5.64. The van der Waals surface area contributed by atoms with Crippen molar-refractivity contribution in [2.45, 2.75) is 65.0 Å². The summed E-state index contributed by atoms with van der Waals surface area (Å²) < 4.78 is 2.30. The van der Waals surface area contributed by atoms with Crippen LogP contribution < -0.4 is 0 Å². The van der Waals surface area contributed by atoms with Gasteiger partial charge in [-0.15, -0.1) is 0 Å². The number of aliphatic hydroxyl groups is 1. The van der Waals surface area contributed by atoms with Gasteiger partial charge in [-0.05, 0) is 12.5 Å². The summed E-state index contributed by atoms with van der Waals surface area (Å²) in [6, 6.07) is 8.36. The molecule has 1 heterocycles. The number of unbranched alkanes of at least 4 members (excludes halogenated alkanes) is 6. The number of aromatic nitrogens is 1. The van der Waals surface area contributed by atoms with Crippen molar-refractivity contribution in [1.29, 1.82) is 0 Å². The van der Waals surface area contributed by atoms with E-state index >= 15 is 0 Å². The van der Waals surface area contributed by atoms with E-state index in [4.69, 9.17) is 0 Å². The molecule has 0 saturated carbocycles. The molecule has 0 saturated heterocycles. The molecule has 0 unspecified atom stereocenters. The van der Waals surface area contributed by atoms with Gasteiger partial charge in [-0.2, -0.15) is 0 Å². The molecule has 0 radical (unpaired) electrons. The summed E-state index contributed by atoms with van der Waals surface area (Å²) in [5, 5.41) is 10.6. The van der Waals surface area contributed by atoms with Crippen LogP contribution in [0.2, 0.25) is 0 Å². The standard InChI is InChI=1S/C18H27NO/c1-2-3-4-5-6-7-10-13-19-14-16(15-20)17-11-8-9-12-18(17)19/h8-9,11-12,14,20H,2-7,10,13,15H2,1H3. The minimum Gasteiger partial charge on any atom is -0.392 e. The Balaban J connectivity index is 1.84. The van der Waals surface area contributed by atoms with E-state index in [1.807, 2.05) is 6.07 Å². The Labute approximate surface area is 122 Å². The predicted molar refractivity (Wildman–Crippen MR) is 85.9 cm³/mol. The molecule has 2 heteroatoms. The molecule has 0 fully saturated rings. The molecule has 0 amide bonds. The SMILES string of the molecule is CCCCCCCCCn1cc(CO)c2ccccc21. The molecule has 2 rings (SSSR count). The largest absolute Gasteiger partial charge is 0.392 e. The van der Waals surface area contributed by atoms with E-state index in [0.717, 1.165) is 12.1 Å². The second kappa shape index (κ2) is 8.11. The molecule has 0 aliphatic rings. The number of rotatable bonds is 9. The fourth-order valence-corrected chi connectivity index (χ4v) is 2.87. The number of fused-ring (bicyclic) bond motifs is 1. The lowest BCUT2D eigenvalue weighted by Crippen LogP contribution is -1.96. The van der Waals surface area contributed by atoms with Crippen LogP contribution in [0.5, 0.6) is 0 Å². The predicted octanol–water partition coefficient (Wildman–Crippen LogP) is 4.88. The van der Waals surface area contributed by atoms with Crippen LogP contribution in [0.1, 0.15) is 57.4 Å². The van der Waals surface area contributed by atoms with Crippen molar-refractivity contribution in [2.24, 2.45) is 0 Å². The van der Waals surface area contributed by atoms with Crippen LogP contribution in [-0.4, -0.2) is 9.67 Å². The number of aliphatic hydroxyl groups excluding tert-OH is 1. The highest BCUT2D eigenvalue weighted by molar-refractivity contribution is 5.83. The average molecular weight is 273 g/mol. The number of aryl methyl sites for hydroxylation is 1. The smallest absolute Gasteiger partial charge is 0.0702 e. The summed E-state index contributed by atoms with van der Waals surface area (Å²) in [7, 11) is 0. The highest BCUT2D eigenvalue weighted by Gasteiger charge is 2.06. The van der Waals surface area contributed by atoms with Gasteiger partial charge in [0.2, 0.25) is 0 Å². The first kappa shape index (κ1) is 15.1. The maximum absolute atomic E-state index is 9.43. The van der Waals surface area contributed by atoms with Crippen LogP contribution in [0.4, 0.5) is 0 Å². The fraction of sp³-hybridized carbons (Fsp3) is 0.556. The van der Waals surface area contributed by atoms with Gasteiger partial charge in [0.25, 0.3) is 0 Å². The third-order valence-corrected chi connectivity index (χ3v) is 4.04. The van der Waals surface area contributed by atoms with Crippen LogP contribution >= 0.6 is 0 Å². The Morgan fingerprint density at radius 1 is 0.950 bits per heavy atom. The third kappa shape index (κ3) is 3.86. The molecule has 0 aliphatic heterocycles. The lowest BCUT2D eigenvalue weighted by molar-refractivity contribution is 0.283. The van der Waals surface area contributed by atoms with Gasteiger partial charge in [-0.25, -0.2) is 0 Å². The molecule has 0 spiro atoms. The lowest BCUT2D eigenvalue weighted by Gasteiger charge is -2.05. The quantitative estimate of drug-likeness (QED) is 0.647. The van der Waals surface area contributed by atoms with E-state index in [1.54, 1.807) is 0 Å². The minimum atomic E-state index is 0.129. The summed E-state index contributed by atoms with van der Waals surface area (Å²) in [6.07, 6.45) is 11.5. The number of para-hydroxylation sites is 1. The van der Waals surface area contributed by atoms with Crippen molar-refractivity contribution in [3.05, 3.63) is 36.0 Å². The molecular formula is C18H27NO. The average Bonchev–Trinajstić information content (AvgIpc) is 2.85. The summed E-state index contributed by atoms with van der Waals surface area (Å²) in [5.74, 6) is 0. The second-order valence-corrected chi connectivity index (χ2v) is 5.64. The molecule has 0 atom stereocenters. The summed E-state index contributed by atoms with van der Waals surface area (Å²) in [6.45, 7) is 3.45. The number of nitrogens with zero attached hydrogens (tertiary/aromatic N) is 1. The number of hydrogen-bond donors (Lipinski definition) is 1. The maximum atomic E-state index is 9.43. The Bertz CT molecular complexity index is 515. The van der Waals surface area contributed by atoms with Gasteiger partial charge in [-0.3, -0.25) is 0 Å². The van der Waals surface area contributed by atoms with E-state index in [2.05, 4.69) is 35.9 Å². The van der Waals surface area contributed by atoms with E-state index < -0.39 is 0 Å². The van der Waals surface area contributed by atoms with Crippen molar-refractivity contribution in [3.8, 4) is 0 Å². The molecule has 1 aromatic heterocycles. The third-order valence-electron chi connectivity index (χ3n) is 4.04. The topological polar surface area (TPSA) is 25.2 Å². The number of hydrogen-bond acceptors (Lipinski definition) is 1. The molecule has 20 heavy (non-hydrogen) atoms. The molecule has 110 valence electrons. The molecular weight excluding hydrogens is 246 g/mol. The van der Waals surface area contributed by atoms with Crippen molar-refractivity contribution in [2.75, 3.05) is 0 Å². The Morgan fingerprint density at radius 3 is 2.40 bits per heavy atom. The number of benzene rings is 1. The van der Waals surface area contributed by atoms with Crippen molar-refractivity contribution in [1.82, 2.24) is 4.57 Å². The summed E-state index contributed by atoms with van der Waals surface area (Å²) >= 11 is 0. The van der Waals surface area contributed by atoms with E-state index in [0.29, 0.717) is 0 Å². The van der Waals surface area contributed by atoms with Gasteiger partial charge in [-0.1, -0.05) is 63.6 Å². The van der Waals surface area contributed by atoms with E-state index in [-0.39, 0.29) is 6.61 Å².